The summed E-state index contributed by atoms with van der Waals surface area (Å²) < 4.78 is 25.9. The van der Waals surface area contributed by atoms with Crippen LogP contribution in [0.2, 0.25) is 0 Å². The van der Waals surface area contributed by atoms with Gasteiger partial charge in [-0.1, -0.05) is 15.9 Å². The van der Waals surface area contributed by atoms with Gasteiger partial charge >= 0.3 is 0 Å². The molecule has 1 aromatic carbocycles. The number of halogens is 1. The molecule has 3 amide bonds. The van der Waals surface area contributed by atoms with E-state index in [0.717, 1.165) is 4.47 Å². The molecule has 1 aromatic rings. The van der Waals surface area contributed by atoms with Crippen molar-refractivity contribution in [3.8, 4) is 0 Å². The van der Waals surface area contributed by atoms with Crippen LogP contribution in [0.25, 0.3) is 0 Å². The summed E-state index contributed by atoms with van der Waals surface area (Å²) in [7, 11) is -3.23. The van der Waals surface area contributed by atoms with Crippen molar-refractivity contribution >= 4 is 43.7 Å². The summed E-state index contributed by atoms with van der Waals surface area (Å²) in [6, 6.07) is 4.97. The first-order valence-electron chi connectivity index (χ1n) is 9.16. The van der Waals surface area contributed by atoms with E-state index in [-0.39, 0.29) is 36.4 Å². The molecule has 0 aromatic heterocycles. The van der Waals surface area contributed by atoms with E-state index in [1.165, 1.54) is 9.21 Å². The first-order valence-corrected chi connectivity index (χ1v) is 11.6. The molecule has 28 heavy (non-hydrogen) atoms. The lowest BCUT2D eigenvalue weighted by atomic mass is 10.1. The van der Waals surface area contributed by atoms with E-state index in [1.807, 2.05) is 0 Å². The second-order valence-corrected chi connectivity index (χ2v) is 9.91. The van der Waals surface area contributed by atoms with Crippen LogP contribution in [0.5, 0.6) is 0 Å². The minimum Gasteiger partial charge on any atom is -0.340 e. The monoisotopic (exact) mass is 471 g/mol. The molecule has 0 atom stereocenters. The van der Waals surface area contributed by atoms with Gasteiger partial charge in [0.2, 0.25) is 15.9 Å². The van der Waals surface area contributed by atoms with Crippen molar-refractivity contribution in [1.29, 1.82) is 0 Å². The van der Waals surface area contributed by atoms with E-state index in [0.29, 0.717) is 43.7 Å². The molecule has 0 unspecified atom stereocenters. The molecular weight excluding hydrogens is 450 g/mol. The molecule has 0 radical (unpaired) electrons. The van der Waals surface area contributed by atoms with Crippen LogP contribution >= 0.6 is 15.9 Å². The fourth-order valence-electron chi connectivity index (χ4n) is 3.41. The summed E-state index contributed by atoms with van der Waals surface area (Å²) in [6.45, 7) is 3.10. The van der Waals surface area contributed by atoms with Gasteiger partial charge in [0, 0.05) is 43.6 Å². The van der Waals surface area contributed by atoms with Gasteiger partial charge in [0.25, 0.3) is 11.8 Å². The molecule has 1 fully saturated rings. The van der Waals surface area contributed by atoms with Crippen molar-refractivity contribution in [3.05, 3.63) is 33.8 Å². The lowest BCUT2D eigenvalue weighted by Crippen LogP contribution is -2.50. The summed E-state index contributed by atoms with van der Waals surface area (Å²) >= 11 is 3.30. The number of nitrogens with zero attached hydrogens (tertiary/aromatic N) is 3. The Bertz CT molecular complexity index is 910. The topological polar surface area (TPSA) is 95.1 Å². The average molecular weight is 472 g/mol. The van der Waals surface area contributed by atoms with Gasteiger partial charge in [0.05, 0.1) is 16.9 Å². The van der Waals surface area contributed by atoms with Gasteiger partial charge < -0.3 is 4.90 Å². The number of fused-ring (bicyclic) bond motifs is 1. The zero-order valence-corrected chi connectivity index (χ0v) is 18.0. The molecule has 0 spiro atoms. The molecule has 0 saturated carbocycles. The maximum absolute atomic E-state index is 12.4. The summed E-state index contributed by atoms with van der Waals surface area (Å²) in [5.41, 5.74) is 0.756. The van der Waals surface area contributed by atoms with Crippen molar-refractivity contribution in [1.82, 2.24) is 14.1 Å². The minimum atomic E-state index is -3.23. The minimum absolute atomic E-state index is 0.0534. The fraction of sp³-hybridized carbons (Fsp3) is 0.500. The summed E-state index contributed by atoms with van der Waals surface area (Å²) in [4.78, 5) is 40.0. The van der Waals surface area contributed by atoms with Gasteiger partial charge in [-0.15, -0.1) is 0 Å². The van der Waals surface area contributed by atoms with Crippen LogP contribution in [0.4, 0.5) is 0 Å². The summed E-state index contributed by atoms with van der Waals surface area (Å²) in [6.07, 6.45) is 0.580. The molecule has 152 valence electrons. The van der Waals surface area contributed by atoms with Crippen LogP contribution in [0.3, 0.4) is 0 Å². The average Bonchev–Trinajstić information content (AvgIpc) is 2.92. The number of carbonyl (C=O) groups is 3. The molecule has 3 rings (SSSR count). The molecule has 8 nitrogen and oxygen atoms in total. The Labute approximate surface area is 172 Å². The van der Waals surface area contributed by atoms with Crippen molar-refractivity contribution in [3.63, 3.8) is 0 Å². The molecule has 1 saturated heterocycles. The van der Waals surface area contributed by atoms with Gasteiger partial charge in [-0.05, 0) is 31.5 Å². The van der Waals surface area contributed by atoms with Gasteiger partial charge in [0.1, 0.15) is 0 Å². The second kappa shape index (κ2) is 8.30. The molecule has 0 aliphatic carbocycles. The van der Waals surface area contributed by atoms with E-state index < -0.39 is 10.0 Å². The molecular formula is C18H22BrN3O5S. The molecule has 2 heterocycles. The molecule has 0 N–H and O–H groups in total. The Balaban J connectivity index is 1.49. The van der Waals surface area contributed by atoms with Gasteiger partial charge in [0.15, 0.2) is 0 Å². The number of sulfonamides is 1. The third kappa shape index (κ3) is 4.13. The largest absolute Gasteiger partial charge is 0.340 e. The first kappa shape index (κ1) is 20.9. The highest BCUT2D eigenvalue weighted by molar-refractivity contribution is 9.10. The van der Waals surface area contributed by atoms with Crippen LogP contribution < -0.4 is 0 Å². The number of piperazine rings is 1. The number of amides is 3. The third-order valence-electron chi connectivity index (χ3n) is 5.05. The molecule has 2 aliphatic rings. The quantitative estimate of drug-likeness (QED) is 0.583. The van der Waals surface area contributed by atoms with Crippen molar-refractivity contribution in [2.24, 2.45) is 0 Å². The number of hydrogen-bond acceptors (Lipinski definition) is 5. The highest BCUT2D eigenvalue weighted by atomic mass is 79.9. The van der Waals surface area contributed by atoms with Crippen LogP contribution in [0.15, 0.2) is 22.7 Å². The maximum atomic E-state index is 12.4. The SMILES string of the molecule is CCS(=O)(=O)N1CCN(C(=O)CCCN2C(=O)c3ccc(Br)cc3C2=O)CC1. The Morgan fingerprint density at radius 1 is 1.07 bits per heavy atom. The van der Waals surface area contributed by atoms with Gasteiger partial charge in [-0.2, -0.15) is 4.31 Å². The fourth-order valence-corrected chi connectivity index (χ4v) is 4.86. The molecule has 2 aliphatic heterocycles. The predicted molar refractivity (Wildman–Crippen MR) is 106 cm³/mol. The Morgan fingerprint density at radius 3 is 2.36 bits per heavy atom. The van der Waals surface area contributed by atoms with Crippen molar-refractivity contribution < 1.29 is 22.8 Å². The van der Waals surface area contributed by atoms with E-state index in [9.17, 15) is 22.8 Å². The van der Waals surface area contributed by atoms with Crippen LogP contribution in [0, 0.1) is 0 Å². The molecule has 0 bridgehead atoms. The van der Waals surface area contributed by atoms with Crippen LogP contribution in [-0.4, -0.2) is 78.7 Å². The Morgan fingerprint density at radius 2 is 1.71 bits per heavy atom. The number of benzene rings is 1. The normalized spacial score (nSPS) is 17.9. The smallest absolute Gasteiger partial charge is 0.261 e. The zero-order chi connectivity index (χ0) is 20.5. The number of hydrogen-bond donors (Lipinski definition) is 0. The first-order chi connectivity index (χ1) is 13.2. The van der Waals surface area contributed by atoms with Crippen molar-refractivity contribution in [2.75, 3.05) is 38.5 Å². The highest BCUT2D eigenvalue weighted by Gasteiger charge is 2.35. The van der Waals surface area contributed by atoms with E-state index in [4.69, 9.17) is 0 Å². The van der Waals surface area contributed by atoms with Crippen molar-refractivity contribution in [2.45, 2.75) is 19.8 Å². The number of rotatable bonds is 6. The number of imide groups is 1. The predicted octanol–water partition coefficient (Wildman–Crippen LogP) is 1.32. The van der Waals surface area contributed by atoms with E-state index >= 15 is 0 Å². The highest BCUT2D eigenvalue weighted by Crippen LogP contribution is 2.26. The Hall–Kier alpha value is -1.78. The van der Waals surface area contributed by atoms with Crippen LogP contribution in [-0.2, 0) is 14.8 Å². The zero-order valence-electron chi connectivity index (χ0n) is 15.6. The standard InChI is InChI=1S/C18H22BrN3O5S/c1-2-28(26,27)21-10-8-20(9-11-21)16(23)4-3-7-22-17(24)14-6-5-13(19)12-15(14)18(22)25/h5-6,12H,2-4,7-11H2,1H3. The van der Waals surface area contributed by atoms with Gasteiger partial charge in [-0.3, -0.25) is 19.3 Å². The summed E-state index contributed by atoms with van der Waals surface area (Å²) in [5.74, 6) is -0.712. The maximum Gasteiger partial charge on any atom is 0.261 e. The number of carbonyl (C=O) groups excluding carboxylic acids is 3. The second-order valence-electron chi connectivity index (χ2n) is 6.74. The third-order valence-corrected chi connectivity index (χ3v) is 7.43. The molecule has 10 heteroatoms. The lowest BCUT2D eigenvalue weighted by Gasteiger charge is -2.34. The Kier molecular flexibility index (Phi) is 6.21. The van der Waals surface area contributed by atoms with Crippen LogP contribution in [0.1, 0.15) is 40.5 Å². The van der Waals surface area contributed by atoms with E-state index in [2.05, 4.69) is 15.9 Å². The lowest BCUT2D eigenvalue weighted by molar-refractivity contribution is -0.132. The summed E-state index contributed by atoms with van der Waals surface area (Å²) in [5, 5.41) is 0. The van der Waals surface area contributed by atoms with E-state index in [1.54, 1.807) is 30.0 Å². The van der Waals surface area contributed by atoms with Gasteiger partial charge in [-0.25, -0.2) is 8.42 Å².